The SMILES string of the molecule is CSC[C@@](C)(O)CNC(=O)CCc1ccc(C(F)(F)F)cc1. The number of aryl methyl sites for hydroxylation is 1. The third-order valence-corrected chi connectivity index (χ3v) is 3.95. The van der Waals surface area contributed by atoms with Gasteiger partial charge in [0.1, 0.15) is 0 Å². The lowest BCUT2D eigenvalue weighted by molar-refractivity contribution is -0.137. The number of amides is 1. The molecule has 0 heterocycles. The Balaban J connectivity index is 2.41. The first-order valence-electron chi connectivity index (χ1n) is 6.78. The number of carbonyl (C=O) groups is 1. The van der Waals surface area contributed by atoms with Crippen LogP contribution in [0.2, 0.25) is 0 Å². The van der Waals surface area contributed by atoms with Crippen LogP contribution in [0.1, 0.15) is 24.5 Å². The lowest BCUT2D eigenvalue weighted by atomic mass is 10.1. The predicted molar refractivity (Wildman–Crippen MR) is 81.8 cm³/mol. The molecule has 0 aliphatic heterocycles. The number of thioether (sulfide) groups is 1. The fourth-order valence-corrected chi connectivity index (χ4v) is 2.58. The molecule has 1 rings (SSSR count). The van der Waals surface area contributed by atoms with Gasteiger partial charge in [-0.15, -0.1) is 0 Å². The maximum absolute atomic E-state index is 12.4. The first-order valence-corrected chi connectivity index (χ1v) is 8.17. The maximum Gasteiger partial charge on any atom is 0.416 e. The molecule has 0 aliphatic carbocycles. The number of benzene rings is 1. The normalized spacial score (nSPS) is 14.5. The molecule has 0 radical (unpaired) electrons. The summed E-state index contributed by atoms with van der Waals surface area (Å²) in [6.07, 6.45) is -1.96. The molecule has 1 amide bonds. The van der Waals surface area contributed by atoms with E-state index in [1.165, 1.54) is 23.9 Å². The number of rotatable bonds is 7. The van der Waals surface area contributed by atoms with E-state index in [4.69, 9.17) is 0 Å². The van der Waals surface area contributed by atoms with Crippen LogP contribution < -0.4 is 5.32 Å². The molecule has 0 fully saturated rings. The average molecular weight is 335 g/mol. The summed E-state index contributed by atoms with van der Waals surface area (Å²) in [6.45, 7) is 1.79. The summed E-state index contributed by atoms with van der Waals surface area (Å²) >= 11 is 1.48. The fourth-order valence-electron chi connectivity index (χ4n) is 1.86. The summed E-state index contributed by atoms with van der Waals surface area (Å²) in [4.78, 5) is 11.7. The number of hydrogen-bond acceptors (Lipinski definition) is 3. The summed E-state index contributed by atoms with van der Waals surface area (Å²) in [6, 6.07) is 4.77. The third-order valence-electron chi connectivity index (χ3n) is 3.04. The number of hydrogen-bond donors (Lipinski definition) is 2. The second-order valence-corrected chi connectivity index (χ2v) is 6.27. The molecule has 2 N–H and O–H groups in total. The van der Waals surface area contributed by atoms with E-state index < -0.39 is 17.3 Å². The van der Waals surface area contributed by atoms with Gasteiger partial charge >= 0.3 is 6.18 Å². The molecule has 0 saturated carbocycles. The van der Waals surface area contributed by atoms with Gasteiger partial charge in [0.15, 0.2) is 0 Å². The van der Waals surface area contributed by atoms with Gasteiger partial charge in [-0.05, 0) is 37.3 Å². The number of halogens is 3. The van der Waals surface area contributed by atoms with E-state index in [1.807, 2.05) is 6.26 Å². The van der Waals surface area contributed by atoms with Crippen LogP contribution in [0.25, 0.3) is 0 Å². The van der Waals surface area contributed by atoms with Crippen LogP contribution in [0.5, 0.6) is 0 Å². The van der Waals surface area contributed by atoms with E-state index >= 15 is 0 Å². The second-order valence-electron chi connectivity index (χ2n) is 5.40. The summed E-state index contributed by atoms with van der Waals surface area (Å²) < 4.78 is 37.3. The van der Waals surface area contributed by atoms with Gasteiger partial charge in [0, 0.05) is 18.7 Å². The zero-order valence-electron chi connectivity index (χ0n) is 12.5. The topological polar surface area (TPSA) is 49.3 Å². The molecule has 124 valence electrons. The molecule has 1 atom stereocenters. The molecule has 1 aromatic carbocycles. The van der Waals surface area contributed by atoms with Crippen molar-refractivity contribution in [2.75, 3.05) is 18.6 Å². The van der Waals surface area contributed by atoms with E-state index in [-0.39, 0.29) is 18.9 Å². The molecule has 0 spiro atoms. The van der Waals surface area contributed by atoms with E-state index in [1.54, 1.807) is 6.92 Å². The number of aliphatic hydroxyl groups is 1. The molecule has 0 aliphatic rings. The molecule has 0 bridgehead atoms. The van der Waals surface area contributed by atoms with Crippen LogP contribution in [0.15, 0.2) is 24.3 Å². The first-order chi connectivity index (χ1) is 10.1. The predicted octanol–water partition coefficient (Wildman–Crippen LogP) is 2.87. The van der Waals surface area contributed by atoms with Crippen molar-refractivity contribution >= 4 is 17.7 Å². The lowest BCUT2D eigenvalue weighted by Gasteiger charge is -2.22. The molecule has 7 heteroatoms. The summed E-state index contributed by atoms with van der Waals surface area (Å²) in [5, 5.41) is 12.5. The Morgan fingerprint density at radius 1 is 1.27 bits per heavy atom. The summed E-state index contributed by atoms with van der Waals surface area (Å²) in [5.74, 6) is 0.271. The summed E-state index contributed by atoms with van der Waals surface area (Å²) in [7, 11) is 0. The van der Waals surface area contributed by atoms with Crippen molar-refractivity contribution in [1.29, 1.82) is 0 Å². The van der Waals surface area contributed by atoms with Crippen LogP contribution >= 0.6 is 11.8 Å². The highest BCUT2D eigenvalue weighted by Gasteiger charge is 2.29. The molecular formula is C15H20F3NO2S. The van der Waals surface area contributed by atoms with Crippen LogP contribution in [0, 0.1) is 0 Å². The zero-order valence-corrected chi connectivity index (χ0v) is 13.4. The number of carbonyl (C=O) groups excluding carboxylic acids is 1. The standard InChI is InChI=1S/C15H20F3NO2S/c1-14(21,10-22-2)9-19-13(20)8-5-11-3-6-12(7-4-11)15(16,17)18/h3-4,6-7,21H,5,8-10H2,1-2H3,(H,19,20)/t14-/m0/s1. The quantitative estimate of drug-likeness (QED) is 0.806. The lowest BCUT2D eigenvalue weighted by Crippen LogP contribution is -2.42. The molecule has 22 heavy (non-hydrogen) atoms. The largest absolute Gasteiger partial charge is 0.416 e. The minimum atomic E-state index is -4.35. The Morgan fingerprint density at radius 2 is 1.86 bits per heavy atom. The Hall–Kier alpha value is -1.21. The Labute approximate surface area is 132 Å². The van der Waals surface area contributed by atoms with Crippen molar-refractivity contribution < 1.29 is 23.1 Å². The van der Waals surface area contributed by atoms with Crippen molar-refractivity contribution in [2.45, 2.75) is 31.5 Å². The smallest absolute Gasteiger partial charge is 0.387 e. The van der Waals surface area contributed by atoms with Crippen LogP contribution in [0.3, 0.4) is 0 Å². The van der Waals surface area contributed by atoms with Crippen molar-refractivity contribution in [1.82, 2.24) is 5.32 Å². The average Bonchev–Trinajstić information content (AvgIpc) is 2.42. The molecular weight excluding hydrogens is 315 g/mol. The highest BCUT2D eigenvalue weighted by molar-refractivity contribution is 7.98. The van der Waals surface area contributed by atoms with Crippen molar-refractivity contribution in [2.24, 2.45) is 0 Å². The molecule has 3 nitrogen and oxygen atoms in total. The number of alkyl halides is 3. The van der Waals surface area contributed by atoms with Gasteiger partial charge in [-0.2, -0.15) is 24.9 Å². The molecule has 0 unspecified atom stereocenters. The Morgan fingerprint density at radius 3 is 2.36 bits per heavy atom. The van der Waals surface area contributed by atoms with Gasteiger partial charge in [-0.1, -0.05) is 12.1 Å². The van der Waals surface area contributed by atoms with E-state index in [2.05, 4.69) is 5.32 Å². The maximum atomic E-state index is 12.4. The minimum Gasteiger partial charge on any atom is -0.387 e. The molecule has 1 aromatic rings. The summed E-state index contributed by atoms with van der Waals surface area (Å²) in [5.41, 5.74) is -1.00. The second kappa shape index (κ2) is 7.87. The highest BCUT2D eigenvalue weighted by Crippen LogP contribution is 2.29. The Kier molecular flexibility index (Phi) is 6.74. The van der Waals surface area contributed by atoms with Gasteiger partial charge in [-0.3, -0.25) is 4.79 Å². The monoisotopic (exact) mass is 335 g/mol. The molecule has 0 aromatic heterocycles. The Bertz CT molecular complexity index is 487. The van der Waals surface area contributed by atoms with E-state index in [0.717, 1.165) is 12.1 Å². The highest BCUT2D eigenvalue weighted by atomic mass is 32.2. The fraction of sp³-hybridized carbons (Fsp3) is 0.533. The van der Waals surface area contributed by atoms with Crippen LogP contribution in [0.4, 0.5) is 13.2 Å². The zero-order chi connectivity index (χ0) is 16.8. The van der Waals surface area contributed by atoms with Crippen LogP contribution in [-0.2, 0) is 17.4 Å². The van der Waals surface area contributed by atoms with E-state index in [9.17, 15) is 23.1 Å². The minimum absolute atomic E-state index is 0.152. The van der Waals surface area contributed by atoms with Gasteiger partial charge in [-0.25, -0.2) is 0 Å². The van der Waals surface area contributed by atoms with E-state index in [0.29, 0.717) is 17.7 Å². The number of nitrogens with one attached hydrogen (secondary N) is 1. The third kappa shape index (κ3) is 6.70. The van der Waals surface area contributed by atoms with Gasteiger partial charge in [0.2, 0.25) is 5.91 Å². The van der Waals surface area contributed by atoms with Crippen molar-refractivity contribution in [3.63, 3.8) is 0 Å². The first kappa shape index (κ1) is 18.8. The van der Waals surface area contributed by atoms with Gasteiger partial charge in [0.25, 0.3) is 0 Å². The van der Waals surface area contributed by atoms with Gasteiger partial charge < -0.3 is 10.4 Å². The van der Waals surface area contributed by atoms with Crippen molar-refractivity contribution in [3.05, 3.63) is 35.4 Å². The molecule has 0 saturated heterocycles. The van der Waals surface area contributed by atoms with Crippen molar-refractivity contribution in [3.8, 4) is 0 Å². The van der Waals surface area contributed by atoms with Gasteiger partial charge in [0.05, 0.1) is 11.2 Å². The van der Waals surface area contributed by atoms with Crippen LogP contribution in [-0.4, -0.2) is 35.2 Å².